The predicted octanol–water partition coefficient (Wildman–Crippen LogP) is 4.46. The summed E-state index contributed by atoms with van der Waals surface area (Å²) in [6.45, 7) is 5.20. The fourth-order valence-electron chi connectivity index (χ4n) is 6.08. The molecular formula is C23H28ClF2N5O. The molecule has 0 amide bonds. The molecule has 6 rings (SSSR count). The molecule has 4 fully saturated rings. The summed E-state index contributed by atoms with van der Waals surface area (Å²) in [6, 6.07) is 0.128. The second-order valence-corrected chi connectivity index (χ2v) is 10.6. The van der Waals surface area contributed by atoms with Crippen LogP contribution in [-0.4, -0.2) is 64.3 Å². The first kappa shape index (κ1) is 20.8. The van der Waals surface area contributed by atoms with E-state index in [2.05, 4.69) is 19.8 Å². The lowest BCUT2D eigenvalue weighted by molar-refractivity contribution is 0.107. The number of anilines is 1. The van der Waals surface area contributed by atoms with Gasteiger partial charge in [-0.25, -0.2) is 13.8 Å². The Hall–Kier alpha value is -1.80. The number of fused-ring (bicyclic) bond motifs is 2. The quantitative estimate of drug-likeness (QED) is 0.624. The topological polar surface area (TPSA) is 54.4 Å². The van der Waals surface area contributed by atoms with Crippen molar-refractivity contribution in [1.82, 2.24) is 19.9 Å². The number of nitrogens with zero attached hydrogens (tertiary/aromatic N) is 5. The zero-order chi connectivity index (χ0) is 22.1. The third-order valence-corrected chi connectivity index (χ3v) is 8.45. The molecule has 2 aromatic heterocycles. The number of ether oxygens (including phenoxy) is 1. The lowest BCUT2D eigenvalue weighted by atomic mass is 9.93. The zero-order valence-electron chi connectivity index (χ0n) is 18.3. The second kappa shape index (κ2) is 7.35. The van der Waals surface area contributed by atoms with E-state index in [-0.39, 0.29) is 22.2 Å². The summed E-state index contributed by atoms with van der Waals surface area (Å²) in [4.78, 5) is 17.7. The molecule has 1 aliphatic carbocycles. The number of halogens is 3. The summed E-state index contributed by atoms with van der Waals surface area (Å²) in [7, 11) is 0. The minimum Gasteiger partial charge on any atom is -0.461 e. The van der Waals surface area contributed by atoms with Crippen molar-refractivity contribution in [3.8, 4) is 6.01 Å². The van der Waals surface area contributed by atoms with Crippen LogP contribution in [0.2, 0.25) is 5.15 Å². The van der Waals surface area contributed by atoms with Crippen molar-refractivity contribution in [3.63, 3.8) is 0 Å². The third kappa shape index (κ3) is 3.33. The monoisotopic (exact) mass is 463 g/mol. The minimum atomic E-state index is -0.833. The summed E-state index contributed by atoms with van der Waals surface area (Å²) in [6.07, 6.45) is 6.40. The van der Waals surface area contributed by atoms with E-state index >= 15 is 4.39 Å². The first-order chi connectivity index (χ1) is 15.4. The van der Waals surface area contributed by atoms with E-state index in [0.717, 1.165) is 45.3 Å². The Bertz CT molecular complexity index is 1070. The first-order valence-corrected chi connectivity index (χ1v) is 12.1. The molecule has 0 N–H and O–H groups in total. The van der Waals surface area contributed by atoms with E-state index in [1.54, 1.807) is 0 Å². The van der Waals surface area contributed by atoms with Crippen LogP contribution in [0.25, 0.3) is 10.9 Å². The Morgan fingerprint density at radius 3 is 2.62 bits per heavy atom. The molecule has 3 aliphatic heterocycles. The highest BCUT2D eigenvalue weighted by Gasteiger charge is 2.49. The fourth-order valence-corrected chi connectivity index (χ4v) is 6.30. The number of aryl methyl sites for hydroxylation is 1. The molecular weight excluding hydrogens is 436 g/mol. The highest BCUT2D eigenvalue weighted by atomic mass is 35.5. The summed E-state index contributed by atoms with van der Waals surface area (Å²) >= 11 is 6.05. The molecule has 172 valence electrons. The highest BCUT2D eigenvalue weighted by Crippen LogP contribution is 2.54. The molecule has 3 saturated heterocycles. The van der Waals surface area contributed by atoms with Gasteiger partial charge < -0.3 is 9.64 Å². The molecule has 1 spiro atoms. The standard InChI is InChI=1S/C23H28ClF2N5O/c1-14-16-18(17(26)19(24)27-14)28-21(29-20(16)30-9-6-22(4-5-22)7-10-30)32-13-23-3-2-8-31(23)12-15(25)11-23/h15H,2-13H2,1H3/t15-,23+/m1/s1. The highest BCUT2D eigenvalue weighted by molar-refractivity contribution is 6.30. The SMILES string of the molecule is Cc1nc(Cl)c(F)c2nc(OC[C@@]34CCCN3C[C@H](F)C4)nc(N3CCC4(CC3)CC4)c12. The molecule has 0 radical (unpaired) electrons. The van der Waals surface area contributed by atoms with Gasteiger partial charge in [0.15, 0.2) is 11.0 Å². The number of hydrogen-bond acceptors (Lipinski definition) is 6. The number of aromatic nitrogens is 3. The van der Waals surface area contributed by atoms with Crippen LogP contribution in [0.15, 0.2) is 0 Å². The maximum Gasteiger partial charge on any atom is 0.319 e. The average Bonchev–Trinajstić information content (AvgIpc) is 3.29. The number of piperidine rings is 1. The fraction of sp³-hybridized carbons (Fsp3) is 0.696. The minimum absolute atomic E-state index is 0.128. The zero-order valence-corrected chi connectivity index (χ0v) is 19.1. The van der Waals surface area contributed by atoms with E-state index in [9.17, 15) is 4.39 Å². The van der Waals surface area contributed by atoms with E-state index in [1.165, 1.54) is 12.8 Å². The lowest BCUT2D eigenvalue weighted by Crippen LogP contribution is -2.43. The van der Waals surface area contributed by atoms with E-state index in [1.807, 2.05) is 6.92 Å². The van der Waals surface area contributed by atoms with Crippen molar-refractivity contribution in [2.24, 2.45) is 5.41 Å². The maximum absolute atomic E-state index is 15.0. The number of rotatable bonds is 4. The van der Waals surface area contributed by atoms with Gasteiger partial charge in [-0.05, 0) is 57.4 Å². The Labute approximate surface area is 191 Å². The van der Waals surface area contributed by atoms with Gasteiger partial charge in [-0.2, -0.15) is 9.97 Å². The van der Waals surface area contributed by atoms with Crippen molar-refractivity contribution in [2.45, 2.75) is 63.6 Å². The predicted molar refractivity (Wildman–Crippen MR) is 119 cm³/mol. The van der Waals surface area contributed by atoms with Crippen LogP contribution in [0.3, 0.4) is 0 Å². The number of alkyl halides is 1. The van der Waals surface area contributed by atoms with Crippen molar-refractivity contribution in [2.75, 3.05) is 37.7 Å². The molecule has 1 saturated carbocycles. The maximum atomic E-state index is 15.0. The molecule has 32 heavy (non-hydrogen) atoms. The number of pyridine rings is 1. The van der Waals surface area contributed by atoms with E-state index in [0.29, 0.717) is 41.9 Å². The van der Waals surface area contributed by atoms with Crippen LogP contribution in [0.1, 0.15) is 50.6 Å². The largest absolute Gasteiger partial charge is 0.461 e. The Morgan fingerprint density at radius 1 is 1.09 bits per heavy atom. The Balaban J connectivity index is 1.36. The van der Waals surface area contributed by atoms with Gasteiger partial charge in [-0.3, -0.25) is 4.90 Å². The van der Waals surface area contributed by atoms with E-state index in [4.69, 9.17) is 21.3 Å². The third-order valence-electron chi connectivity index (χ3n) is 8.20. The Morgan fingerprint density at radius 2 is 1.88 bits per heavy atom. The Kier molecular flexibility index (Phi) is 4.77. The molecule has 0 bridgehead atoms. The summed E-state index contributed by atoms with van der Waals surface area (Å²) in [5.74, 6) is 0.0124. The molecule has 6 nitrogen and oxygen atoms in total. The van der Waals surface area contributed by atoms with Crippen LogP contribution < -0.4 is 9.64 Å². The van der Waals surface area contributed by atoms with Gasteiger partial charge in [0.1, 0.15) is 24.1 Å². The van der Waals surface area contributed by atoms with Gasteiger partial charge >= 0.3 is 6.01 Å². The number of hydrogen-bond donors (Lipinski definition) is 0. The van der Waals surface area contributed by atoms with Crippen LogP contribution >= 0.6 is 11.6 Å². The van der Waals surface area contributed by atoms with Crippen LogP contribution in [0, 0.1) is 18.2 Å². The molecule has 0 aromatic carbocycles. The van der Waals surface area contributed by atoms with Gasteiger partial charge in [0, 0.05) is 26.1 Å². The van der Waals surface area contributed by atoms with Crippen LogP contribution in [0.5, 0.6) is 6.01 Å². The molecule has 5 heterocycles. The van der Waals surface area contributed by atoms with Crippen molar-refractivity contribution in [1.29, 1.82) is 0 Å². The summed E-state index contributed by atoms with van der Waals surface area (Å²) in [5, 5.41) is 0.397. The van der Waals surface area contributed by atoms with Crippen LogP contribution in [-0.2, 0) is 0 Å². The summed E-state index contributed by atoms with van der Waals surface area (Å²) < 4.78 is 35.2. The molecule has 4 aliphatic rings. The second-order valence-electron chi connectivity index (χ2n) is 10.2. The van der Waals surface area contributed by atoms with Crippen molar-refractivity contribution < 1.29 is 13.5 Å². The molecule has 2 atom stereocenters. The van der Waals surface area contributed by atoms with E-state index < -0.39 is 12.0 Å². The van der Waals surface area contributed by atoms with Crippen LogP contribution in [0.4, 0.5) is 14.6 Å². The molecule has 0 unspecified atom stereocenters. The normalized spacial score (nSPS) is 29.1. The summed E-state index contributed by atoms with van der Waals surface area (Å²) in [5.41, 5.74) is 0.948. The molecule has 9 heteroatoms. The van der Waals surface area contributed by atoms with Gasteiger partial charge in [0.25, 0.3) is 0 Å². The van der Waals surface area contributed by atoms with Gasteiger partial charge in [-0.1, -0.05) is 11.6 Å². The lowest BCUT2D eigenvalue weighted by Gasteiger charge is -2.34. The van der Waals surface area contributed by atoms with Crippen molar-refractivity contribution in [3.05, 3.63) is 16.7 Å². The van der Waals surface area contributed by atoms with Gasteiger partial charge in [0.05, 0.1) is 16.6 Å². The molecule has 2 aromatic rings. The van der Waals surface area contributed by atoms with Gasteiger partial charge in [0.2, 0.25) is 0 Å². The van der Waals surface area contributed by atoms with Gasteiger partial charge in [-0.15, -0.1) is 0 Å². The first-order valence-electron chi connectivity index (χ1n) is 11.7. The van der Waals surface area contributed by atoms with Crippen molar-refractivity contribution >= 4 is 28.3 Å². The average molecular weight is 464 g/mol. The smallest absolute Gasteiger partial charge is 0.319 e.